The summed E-state index contributed by atoms with van der Waals surface area (Å²) in [6, 6.07) is 2.50. The van der Waals surface area contributed by atoms with Gasteiger partial charge in [0.15, 0.2) is 11.6 Å². The normalized spacial score (nSPS) is 12.3. The van der Waals surface area contributed by atoms with Crippen LogP contribution in [0.4, 0.5) is 8.78 Å². The van der Waals surface area contributed by atoms with Crippen molar-refractivity contribution in [2.75, 3.05) is 11.9 Å². The Balaban J connectivity index is 3.24. The molecule has 0 heterocycles. The first-order valence-corrected chi connectivity index (χ1v) is 8.97. The summed E-state index contributed by atoms with van der Waals surface area (Å²) in [6.45, 7) is 4.08. The zero-order chi connectivity index (χ0) is 15.3. The summed E-state index contributed by atoms with van der Waals surface area (Å²) in [5.41, 5.74) is 0. The summed E-state index contributed by atoms with van der Waals surface area (Å²) in [6.07, 6.45) is 1.32. The number of rotatable bonds is 7. The smallest absolute Gasteiger partial charge is 0.207 e. The lowest BCUT2D eigenvalue weighted by Gasteiger charge is -2.29. The van der Waals surface area contributed by atoms with Gasteiger partial charge in [-0.15, -0.1) is 0 Å². The van der Waals surface area contributed by atoms with E-state index in [4.69, 9.17) is 0 Å². The van der Waals surface area contributed by atoms with Crippen LogP contribution in [0.5, 0.6) is 0 Å². The minimum atomic E-state index is -3.83. The summed E-state index contributed by atoms with van der Waals surface area (Å²) < 4.78 is 52.7. The van der Waals surface area contributed by atoms with Crippen LogP contribution in [0.15, 0.2) is 23.1 Å². The van der Waals surface area contributed by atoms with Gasteiger partial charge in [0.1, 0.15) is 0 Å². The molecule has 114 valence electrons. The van der Waals surface area contributed by atoms with E-state index in [9.17, 15) is 17.2 Å². The largest absolute Gasteiger partial charge is 0.243 e. The summed E-state index contributed by atoms with van der Waals surface area (Å²) >= 11 is 3.23. The minimum Gasteiger partial charge on any atom is -0.207 e. The second kappa shape index (κ2) is 7.47. The predicted octanol–water partition coefficient (Wildman–Crippen LogP) is 3.54. The molecule has 0 saturated heterocycles. The van der Waals surface area contributed by atoms with Gasteiger partial charge in [-0.2, -0.15) is 4.31 Å². The highest BCUT2D eigenvalue weighted by Gasteiger charge is 2.29. The summed E-state index contributed by atoms with van der Waals surface area (Å²) in [4.78, 5) is -0.218. The second-order valence-electron chi connectivity index (χ2n) is 4.35. The SMILES string of the molecule is CCC(CC)N(CCBr)S(=O)(=O)c1ccc(F)c(F)c1. The van der Waals surface area contributed by atoms with E-state index in [0.717, 1.165) is 18.2 Å². The predicted molar refractivity (Wildman–Crippen MR) is 78.4 cm³/mol. The maximum Gasteiger partial charge on any atom is 0.243 e. The van der Waals surface area contributed by atoms with Crippen molar-refractivity contribution in [1.82, 2.24) is 4.31 Å². The van der Waals surface area contributed by atoms with Crippen LogP contribution in [-0.4, -0.2) is 30.6 Å². The van der Waals surface area contributed by atoms with Crippen LogP contribution in [0.25, 0.3) is 0 Å². The molecule has 0 aliphatic heterocycles. The van der Waals surface area contributed by atoms with Gasteiger partial charge >= 0.3 is 0 Å². The van der Waals surface area contributed by atoms with Crippen LogP contribution in [-0.2, 0) is 10.0 Å². The molecule has 1 aromatic rings. The van der Waals surface area contributed by atoms with Gasteiger partial charge in [-0.1, -0.05) is 29.8 Å². The fourth-order valence-corrected chi connectivity index (χ4v) is 4.45. The van der Waals surface area contributed by atoms with E-state index in [0.29, 0.717) is 18.2 Å². The van der Waals surface area contributed by atoms with Crippen LogP contribution in [0.2, 0.25) is 0 Å². The van der Waals surface area contributed by atoms with Gasteiger partial charge in [0.05, 0.1) is 4.90 Å². The third-order valence-corrected chi connectivity index (χ3v) is 5.45. The topological polar surface area (TPSA) is 37.4 Å². The van der Waals surface area contributed by atoms with Crippen molar-refractivity contribution in [3.05, 3.63) is 29.8 Å². The van der Waals surface area contributed by atoms with Crippen molar-refractivity contribution in [3.63, 3.8) is 0 Å². The fourth-order valence-electron chi connectivity index (χ4n) is 2.05. The molecule has 3 nitrogen and oxygen atoms in total. The molecule has 0 fully saturated rings. The number of hydrogen-bond donors (Lipinski definition) is 0. The average Bonchev–Trinajstić information content (AvgIpc) is 2.42. The second-order valence-corrected chi connectivity index (χ2v) is 7.03. The number of hydrogen-bond acceptors (Lipinski definition) is 2. The molecule has 0 aliphatic carbocycles. The molecule has 0 amide bonds. The molecule has 0 aromatic heterocycles. The van der Waals surface area contributed by atoms with Crippen LogP contribution in [0.1, 0.15) is 26.7 Å². The van der Waals surface area contributed by atoms with Gasteiger partial charge < -0.3 is 0 Å². The Morgan fingerprint density at radius 3 is 2.25 bits per heavy atom. The molecule has 20 heavy (non-hydrogen) atoms. The van der Waals surface area contributed by atoms with E-state index in [-0.39, 0.29) is 17.5 Å². The number of halogens is 3. The Hall–Kier alpha value is -0.530. The average molecular weight is 370 g/mol. The number of nitrogens with zero attached hydrogens (tertiary/aromatic N) is 1. The standard InChI is InChI=1S/C13H18BrF2NO2S/c1-3-10(4-2)17(8-7-14)20(18,19)11-5-6-12(15)13(16)9-11/h5-6,9-10H,3-4,7-8H2,1-2H3. The van der Waals surface area contributed by atoms with E-state index < -0.39 is 21.7 Å². The van der Waals surface area contributed by atoms with E-state index in [2.05, 4.69) is 15.9 Å². The van der Waals surface area contributed by atoms with Crippen molar-refractivity contribution in [2.24, 2.45) is 0 Å². The molecule has 0 aliphatic rings. The van der Waals surface area contributed by atoms with Crippen molar-refractivity contribution in [1.29, 1.82) is 0 Å². The molecule has 0 atom stereocenters. The molecule has 0 N–H and O–H groups in total. The van der Waals surface area contributed by atoms with Gasteiger partial charge in [-0.3, -0.25) is 0 Å². The quantitative estimate of drug-likeness (QED) is 0.689. The maximum absolute atomic E-state index is 13.3. The van der Waals surface area contributed by atoms with E-state index in [1.165, 1.54) is 4.31 Å². The maximum atomic E-state index is 13.3. The van der Waals surface area contributed by atoms with Crippen molar-refractivity contribution in [2.45, 2.75) is 37.6 Å². The molecule has 0 saturated carbocycles. The Labute approximate surface area is 127 Å². The Bertz CT molecular complexity index is 547. The molecular formula is C13H18BrF2NO2S. The number of alkyl halides is 1. The Morgan fingerprint density at radius 1 is 1.20 bits per heavy atom. The lowest BCUT2D eigenvalue weighted by molar-refractivity contribution is 0.317. The highest BCUT2D eigenvalue weighted by molar-refractivity contribution is 9.09. The van der Waals surface area contributed by atoms with Gasteiger partial charge in [0.25, 0.3) is 0 Å². The third kappa shape index (κ3) is 3.77. The van der Waals surface area contributed by atoms with Crippen LogP contribution in [0.3, 0.4) is 0 Å². The molecule has 0 unspecified atom stereocenters. The lowest BCUT2D eigenvalue weighted by Crippen LogP contribution is -2.41. The van der Waals surface area contributed by atoms with Gasteiger partial charge in [0.2, 0.25) is 10.0 Å². The summed E-state index contributed by atoms with van der Waals surface area (Å²) in [5.74, 6) is -2.21. The van der Waals surface area contributed by atoms with Gasteiger partial charge in [-0.05, 0) is 31.0 Å². The monoisotopic (exact) mass is 369 g/mol. The van der Waals surface area contributed by atoms with Gasteiger partial charge in [0, 0.05) is 17.9 Å². The molecular weight excluding hydrogens is 352 g/mol. The van der Waals surface area contributed by atoms with Gasteiger partial charge in [-0.25, -0.2) is 17.2 Å². The molecule has 0 radical (unpaired) electrons. The van der Waals surface area contributed by atoms with Crippen LogP contribution >= 0.6 is 15.9 Å². The fraction of sp³-hybridized carbons (Fsp3) is 0.538. The first kappa shape index (κ1) is 17.5. The molecule has 7 heteroatoms. The van der Waals surface area contributed by atoms with Crippen molar-refractivity contribution in [3.8, 4) is 0 Å². The van der Waals surface area contributed by atoms with Crippen molar-refractivity contribution >= 4 is 26.0 Å². The van der Waals surface area contributed by atoms with Crippen LogP contribution < -0.4 is 0 Å². The lowest BCUT2D eigenvalue weighted by atomic mass is 10.2. The first-order chi connectivity index (χ1) is 9.38. The summed E-state index contributed by atoms with van der Waals surface area (Å²) in [7, 11) is -3.83. The molecule has 1 aromatic carbocycles. The Kier molecular flexibility index (Phi) is 6.54. The highest BCUT2D eigenvalue weighted by Crippen LogP contribution is 2.23. The number of sulfonamides is 1. The molecule has 0 bridgehead atoms. The van der Waals surface area contributed by atoms with E-state index in [1.807, 2.05) is 13.8 Å². The van der Waals surface area contributed by atoms with E-state index >= 15 is 0 Å². The zero-order valence-corrected chi connectivity index (χ0v) is 13.8. The van der Waals surface area contributed by atoms with E-state index in [1.54, 1.807) is 0 Å². The third-order valence-electron chi connectivity index (χ3n) is 3.15. The molecule has 0 spiro atoms. The summed E-state index contributed by atoms with van der Waals surface area (Å²) in [5, 5.41) is 0.479. The first-order valence-electron chi connectivity index (χ1n) is 6.41. The van der Waals surface area contributed by atoms with Crippen molar-refractivity contribution < 1.29 is 17.2 Å². The zero-order valence-electron chi connectivity index (χ0n) is 11.4. The van der Waals surface area contributed by atoms with Crippen LogP contribution in [0, 0.1) is 11.6 Å². The highest BCUT2D eigenvalue weighted by atomic mass is 79.9. The number of benzene rings is 1. The minimum absolute atomic E-state index is 0.161. The Morgan fingerprint density at radius 2 is 1.80 bits per heavy atom. The molecule has 1 rings (SSSR count).